The third kappa shape index (κ3) is 2.28. The van der Waals surface area contributed by atoms with Gasteiger partial charge >= 0.3 is 0 Å². The third-order valence-electron chi connectivity index (χ3n) is 3.38. The van der Waals surface area contributed by atoms with Crippen molar-refractivity contribution in [3.8, 4) is 0 Å². The Bertz CT molecular complexity index is 533. The van der Waals surface area contributed by atoms with Crippen molar-refractivity contribution in [2.45, 2.75) is 30.8 Å². The maximum absolute atomic E-state index is 13.6. The molecule has 0 aliphatic carbocycles. The van der Waals surface area contributed by atoms with Crippen LogP contribution >= 0.6 is 0 Å². The van der Waals surface area contributed by atoms with Crippen LogP contribution < -0.4 is 5.73 Å². The van der Waals surface area contributed by atoms with Crippen LogP contribution in [0.3, 0.4) is 0 Å². The lowest BCUT2D eigenvalue weighted by Crippen LogP contribution is -2.52. The monoisotopic (exact) mass is 272 g/mol. The highest BCUT2D eigenvalue weighted by Crippen LogP contribution is 2.27. The Hall–Kier alpha value is -0.980. The van der Waals surface area contributed by atoms with Crippen molar-refractivity contribution in [2.75, 3.05) is 6.54 Å². The van der Waals surface area contributed by atoms with Gasteiger partial charge < -0.3 is 5.73 Å². The molecule has 0 bridgehead atoms. The van der Waals surface area contributed by atoms with Gasteiger partial charge in [-0.25, -0.2) is 12.8 Å². The molecule has 0 spiro atoms. The van der Waals surface area contributed by atoms with E-state index in [-0.39, 0.29) is 10.8 Å². The Labute approximate surface area is 107 Å². The molecule has 1 saturated heterocycles. The average molecular weight is 272 g/mol. The summed E-state index contributed by atoms with van der Waals surface area (Å²) < 4.78 is 39.6. The summed E-state index contributed by atoms with van der Waals surface area (Å²) in [7, 11) is -3.84. The number of benzene rings is 1. The normalized spacial score (nSPS) is 26.2. The van der Waals surface area contributed by atoms with E-state index in [2.05, 4.69) is 0 Å². The molecule has 1 aromatic carbocycles. The van der Waals surface area contributed by atoms with E-state index in [9.17, 15) is 12.8 Å². The molecule has 0 radical (unpaired) electrons. The Balaban J connectivity index is 2.40. The van der Waals surface area contributed by atoms with Crippen molar-refractivity contribution in [3.05, 3.63) is 30.1 Å². The molecule has 0 amide bonds. The summed E-state index contributed by atoms with van der Waals surface area (Å²) >= 11 is 0. The maximum atomic E-state index is 13.6. The molecule has 2 rings (SSSR count). The minimum Gasteiger partial charge on any atom is -0.315 e. The minimum atomic E-state index is -3.84. The molecule has 2 atom stereocenters. The molecule has 100 valence electrons. The first kappa shape index (κ1) is 13.5. The first-order valence-electron chi connectivity index (χ1n) is 5.96. The third-order valence-corrected chi connectivity index (χ3v) is 5.31. The maximum Gasteiger partial charge on any atom is 0.247 e. The molecule has 18 heavy (non-hydrogen) atoms. The van der Waals surface area contributed by atoms with Gasteiger partial charge in [0.15, 0.2) is 0 Å². The van der Waals surface area contributed by atoms with Crippen LogP contribution in [0, 0.1) is 11.7 Å². The summed E-state index contributed by atoms with van der Waals surface area (Å²) in [4.78, 5) is -0.297. The number of halogens is 1. The number of rotatable bonds is 2. The minimum absolute atomic E-state index is 0.0836. The van der Waals surface area contributed by atoms with Crippen LogP contribution in [0.2, 0.25) is 0 Å². The number of piperidine rings is 1. The van der Waals surface area contributed by atoms with Crippen LogP contribution in [0.15, 0.2) is 29.2 Å². The van der Waals surface area contributed by atoms with Gasteiger partial charge in [-0.1, -0.05) is 19.1 Å². The van der Waals surface area contributed by atoms with Gasteiger partial charge in [-0.2, -0.15) is 4.31 Å². The summed E-state index contributed by atoms with van der Waals surface area (Å²) in [5.41, 5.74) is 5.92. The van der Waals surface area contributed by atoms with E-state index in [1.807, 2.05) is 6.92 Å². The van der Waals surface area contributed by atoms with Crippen LogP contribution in [-0.4, -0.2) is 25.4 Å². The van der Waals surface area contributed by atoms with Crippen LogP contribution in [0.25, 0.3) is 0 Å². The van der Waals surface area contributed by atoms with E-state index >= 15 is 0 Å². The summed E-state index contributed by atoms with van der Waals surface area (Å²) in [6.45, 7) is 2.26. The molecule has 4 nitrogen and oxygen atoms in total. The highest BCUT2D eigenvalue weighted by molar-refractivity contribution is 7.89. The van der Waals surface area contributed by atoms with Gasteiger partial charge in [0.2, 0.25) is 10.0 Å². The number of hydrogen-bond acceptors (Lipinski definition) is 3. The van der Waals surface area contributed by atoms with E-state index in [4.69, 9.17) is 5.73 Å². The zero-order chi connectivity index (χ0) is 13.3. The largest absolute Gasteiger partial charge is 0.315 e. The molecule has 1 fully saturated rings. The molecular weight excluding hydrogens is 255 g/mol. The standard InChI is InChI=1S/C12H17FN2O2S/c1-9-5-4-8-15(12(9)14)18(16,17)11-7-3-2-6-10(11)13/h2-3,6-7,9,12H,4-5,8,14H2,1H3. The fourth-order valence-electron chi connectivity index (χ4n) is 2.23. The topological polar surface area (TPSA) is 63.4 Å². The summed E-state index contributed by atoms with van der Waals surface area (Å²) in [5, 5.41) is 0. The summed E-state index contributed by atoms with van der Waals surface area (Å²) in [6.07, 6.45) is 1.07. The predicted molar refractivity (Wildman–Crippen MR) is 66.7 cm³/mol. The van der Waals surface area contributed by atoms with E-state index in [0.29, 0.717) is 6.54 Å². The van der Waals surface area contributed by atoms with E-state index < -0.39 is 22.0 Å². The fourth-order valence-corrected chi connectivity index (χ4v) is 3.95. The first-order chi connectivity index (χ1) is 8.44. The lowest BCUT2D eigenvalue weighted by molar-refractivity contribution is 0.192. The lowest BCUT2D eigenvalue weighted by Gasteiger charge is -2.36. The number of hydrogen-bond donors (Lipinski definition) is 1. The van der Waals surface area contributed by atoms with Gasteiger partial charge in [0.05, 0.1) is 6.17 Å². The van der Waals surface area contributed by atoms with Crippen LogP contribution in [0.5, 0.6) is 0 Å². The fraction of sp³-hybridized carbons (Fsp3) is 0.500. The first-order valence-corrected chi connectivity index (χ1v) is 7.40. The second-order valence-corrected chi connectivity index (χ2v) is 6.52. The van der Waals surface area contributed by atoms with E-state index in [0.717, 1.165) is 18.9 Å². The Morgan fingerprint density at radius 2 is 2.06 bits per heavy atom. The zero-order valence-electron chi connectivity index (χ0n) is 10.2. The molecule has 2 unspecified atom stereocenters. The molecule has 0 aromatic heterocycles. The van der Waals surface area contributed by atoms with Gasteiger partial charge in [0.25, 0.3) is 0 Å². The van der Waals surface area contributed by atoms with Crippen molar-refractivity contribution in [3.63, 3.8) is 0 Å². The smallest absolute Gasteiger partial charge is 0.247 e. The quantitative estimate of drug-likeness (QED) is 0.888. The van der Waals surface area contributed by atoms with Gasteiger partial charge in [-0.3, -0.25) is 0 Å². The van der Waals surface area contributed by atoms with Crippen LogP contribution in [0.1, 0.15) is 19.8 Å². The van der Waals surface area contributed by atoms with E-state index in [1.165, 1.54) is 22.5 Å². The highest BCUT2D eigenvalue weighted by Gasteiger charge is 2.36. The van der Waals surface area contributed by atoms with Crippen molar-refractivity contribution >= 4 is 10.0 Å². The lowest BCUT2D eigenvalue weighted by atomic mass is 9.99. The summed E-state index contributed by atoms with van der Waals surface area (Å²) in [5.74, 6) is -0.650. The molecule has 1 heterocycles. The molecule has 1 aliphatic heterocycles. The highest BCUT2D eigenvalue weighted by atomic mass is 32.2. The molecule has 1 aliphatic rings. The zero-order valence-corrected chi connectivity index (χ0v) is 11.0. The van der Waals surface area contributed by atoms with Gasteiger partial charge in [-0.15, -0.1) is 0 Å². The molecular formula is C12H17FN2O2S. The average Bonchev–Trinajstić information content (AvgIpc) is 2.32. The number of sulfonamides is 1. The van der Waals surface area contributed by atoms with Crippen molar-refractivity contribution in [1.29, 1.82) is 0 Å². The van der Waals surface area contributed by atoms with Gasteiger partial charge in [0.1, 0.15) is 10.7 Å². The predicted octanol–water partition coefficient (Wildman–Crippen LogP) is 1.53. The number of nitrogens with two attached hydrogens (primary N) is 1. The van der Waals surface area contributed by atoms with Crippen molar-refractivity contribution in [1.82, 2.24) is 4.31 Å². The Morgan fingerprint density at radius 1 is 1.39 bits per heavy atom. The van der Waals surface area contributed by atoms with Gasteiger partial charge in [-0.05, 0) is 30.9 Å². The van der Waals surface area contributed by atoms with E-state index in [1.54, 1.807) is 0 Å². The Morgan fingerprint density at radius 3 is 2.72 bits per heavy atom. The van der Waals surface area contributed by atoms with Crippen LogP contribution in [-0.2, 0) is 10.0 Å². The van der Waals surface area contributed by atoms with Crippen molar-refractivity contribution in [2.24, 2.45) is 11.7 Å². The van der Waals surface area contributed by atoms with Crippen LogP contribution in [0.4, 0.5) is 4.39 Å². The second kappa shape index (κ2) is 4.95. The van der Waals surface area contributed by atoms with Gasteiger partial charge in [0, 0.05) is 6.54 Å². The second-order valence-electron chi connectivity index (χ2n) is 4.66. The SMILES string of the molecule is CC1CCCN(S(=O)(=O)c2ccccc2F)C1N. The summed E-state index contributed by atoms with van der Waals surface area (Å²) in [6, 6.07) is 5.39. The molecule has 6 heteroatoms. The number of nitrogens with zero attached hydrogens (tertiary/aromatic N) is 1. The van der Waals surface area contributed by atoms with Crippen molar-refractivity contribution < 1.29 is 12.8 Å². The molecule has 1 aromatic rings. The molecule has 0 saturated carbocycles. The molecule has 2 N–H and O–H groups in total. The Kier molecular flexibility index (Phi) is 3.70.